The Balaban J connectivity index is 1.93. The lowest BCUT2D eigenvalue weighted by molar-refractivity contribution is -0.150. The SMILES string of the molecule is COC(=O)C(=O)Nc1c(C)cccc1C(=O)N(CCc1ccc(F)cc1)Cc1ccc(C(C)(C)C)cc1. The van der Waals surface area contributed by atoms with Crippen LogP contribution in [-0.2, 0) is 32.7 Å². The first kappa shape index (κ1) is 27.6. The van der Waals surface area contributed by atoms with Gasteiger partial charge in [0, 0.05) is 13.1 Å². The molecule has 1 N–H and O–H groups in total. The first-order valence-electron chi connectivity index (χ1n) is 12.1. The van der Waals surface area contributed by atoms with Gasteiger partial charge < -0.3 is 15.0 Å². The van der Waals surface area contributed by atoms with Gasteiger partial charge in [0.05, 0.1) is 18.4 Å². The van der Waals surface area contributed by atoms with Crippen molar-refractivity contribution in [1.82, 2.24) is 4.90 Å². The maximum atomic E-state index is 13.8. The highest BCUT2D eigenvalue weighted by atomic mass is 19.1. The highest BCUT2D eigenvalue weighted by Crippen LogP contribution is 2.25. The minimum Gasteiger partial charge on any atom is -0.462 e. The van der Waals surface area contributed by atoms with Crippen LogP contribution in [-0.4, -0.2) is 36.3 Å². The first-order valence-corrected chi connectivity index (χ1v) is 12.1. The van der Waals surface area contributed by atoms with E-state index in [9.17, 15) is 18.8 Å². The normalized spacial score (nSPS) is 11.1. The van der Waals surface area contributed by atoms with Gasteiger partial charge in [-0.3, -0.25) is 9.59 Å². The number of hydrogen-bond donors (Lipinski definition) is 1. The average molecular weight is 505 g/mol. The van der Waals surface area contributed by atoms with Crippen LogP contribution in [0.5, 0.6) is 0 Å². The second-order valence-electron chi connectivity index (χ2n) is 9.99. The van der Waals surface area contributed by atoms with E-state index in [1.165, 1.54) is 17.7 Å². The Kier molecular flexibility index (Phi) is 8.81. The van der Waals surface area contributed by atoms with Crippen LogP contribution in [0, 0.1) is 12.7 Å². The predicted molar refractivity (Wildman–Crippen MR) is 142 cm³/mol. The smallest absolute Gasteiger partial charge is 0.396 e. The predicted octanol–water partition coefficient (Wildman–Crippen LogP) is 5.43. The van der Waals surface area contributed by atoms with Gasteiger partial charge in [0.2, 0.25) is 0 Å². The summed E-state index contributed by atoms with van der Waals surface area (Å²) in [4.78, 5) is 39.5. The van der Waals surface area contributed by atoms with Gasteiger partial charge in [0.15, 0.2) is 0 Å². The van der Waals surface area contributed by atoms with E-state index in [1.54, 1.807) is 42.2 Å². The molecule has 194 valence electrons. The number of nitrogens with one attached hydrogen (secondary N) is 1. The van der Waals surface area contributed by atoms with Crippen LogP contribution in [0.15, 0.2) is 66.7 Å². The molecule has 0 heterocycles. The lowest BCUT2D eigenvalue weighted by atomic mass is 9.87. The van der Waals surface area contributed by atoms with Gasteiger partial charge in [-0.2, -0.15) is 0 Å². The zero-order chi connectivity index (χ0) is 27.2. The lowest BCUT2D eigenvalue weighted by Crippen LogP contribution is -2.34. The molecule has 3 aromatic carbocycles. The van der Waals surface area contributed by atoms with E-state index in [0.29, 0.717) is 25.1 Å². The summed E-state index contributed by atoms with van der Waals surface area (Å²) >= 11 is 0. The third-order valence-electron chi connectivity index (χ3n) is 6.18. The van der Waals surface area contributed by atoms with Gasteiger partial charge in [0.25, 0.3) is 5.91 Å². The molecule has 0 fully saturated rings. The minimum atomic E-state index is -1.05. The van der Waals surface area contributed by atoms with E-state index in [0.717, 1.165) is 18.2 Å². The summed E-state index contributed by atoms with van der Waals surface area (Å²) in [6, 6.07) is 19.4. The summed E-state index contributed by atoms with van der Waals surface area (Å²) in [6.45, 7) is 8.87. The number of aryl methyl sites for hydroxylation is 1. The molecule has 0 saturated heterocycles. The van der Waals surface area contributed by atoms with Crippen molar-refractivity contribution in [3.05, 3.63) is 100 Å². The summed E-state index contributed by atoms with van der Waals surface area (Å²) < 4.78 is 17.9. The van der Waals surface area contributed by atoms with Crippen LogP contribution in [0.1, 0.15) is 53.4 Å². The van der Waals surface area contributed by atoms with E-state index in [-0.39, 0.29) is 28.4 Å². The Morgan fingerprint density at radius 2 is 1.54 bits per heavy atom. The van der Waals surface area contributed by atoms with Crippen molar-refractivity contribution in [3.63, 3.8) is 0 Å². The Morgan fingerprint density at radius 3 is 2.14 bits per heavy atom. The fourth-order valence-electron chi connectivity index (χ4n) is 3.94. The molecule has 0 aliphatic rings. The number of para-hydroxylation sites is 1. The minimum absolute atomic E-state index is 0.00489. The summed E-state index contributed by atoms with van der Waals surface area (Å²) in [6.07, 6.45) is 0.516. The van der Waals surface area contributed by atoms with Gasteiger partial charge in [-0.1, -0.05) is 69.3 Å². The van der Waals surface area contributed by atoms with Crippen LogP contribution in [0.2, 0.25) is 0 Å². The number of halogens is 1. The molecule has 0 saturated carbocycles. The summed E-state index contributed by atoms with van der Waals surface area (Å²) in [5, 5.41) is 2.53. The van der Waals surface area contributed by atoms with Crippen molar-refractivity contribution in [1.29, 1.82) is 0 Å². The maximum Gasteiger partial charge on any atom is 0.396 e. The molecule has 0 radical (unpaired) electrons. The number of nitrogens with zero attached hydrogens (tertiary/aromatic N) is 1. The number of amides is 2. The average Bonchev–Trinajstić information content (AvgIpc) is 2.87. The monoisotopic (exact) mass is 504 g/mol. The molecule has 0 atom stereocenters. The van der Waals surface area contributed by atoms with E-state index in [4.69, 9.17) is 0 Å². The highest BCUT2D eigenvalue weighted by Gasteiger charge is 2.24. The number of methoxy groups -OCH3 is 1. The molecule has 3 rings (SSSR count). The summed E-state index contributed by atoms with van der Waals surface area (Å²) in [5.41, 5.74) is 4.20. The van der Waals surface area contributed by atoms with Crippen molar-refractivity contribution in [2.45, 2.75) is 46.1 Å². The lowest BCUT2D eigenvalue weighted by Gasteiger charge is -2.25. The van der Waals surface area contributed by atoms with E-state index < -0.39 is 11.9 Å². The molecule has 7 heteroatoms. The topological polar surface area (TPSA) is 75.7 Å². The number of anilines is 1. The zero-order valence-corrected chi connectivity index (χ0v) is 21.9. The molecule has 0 aliphatic heterocycles. The number of esters is 1. The van der Waals surface area contributed by atoms with Gasteiger partial charge in [-0.25, -0.2) is 9.18 Å². The first-order chi connectivity index (χ1) is 17.5. The molecular formula is C30H33FN2O4. The Hall–Kier alpha value is -4.00. The second kappa shape index (κ2) is 11.8. The number of rotatable bonds is 7. The molecule has 0 spiro atoms. The second-order valence-corrected chi connectivity index (χ2v) is 9.99. The number of carbonyl (C=O) groups is 3. The molecule has 0 bridgehead atoms. The van der Waals surface area contributed by atoms with E-state index in [1.807, 2.05) is 12.1 Å². The number of ether oxygens (including phenoxy) is 1. The Morgan fingerprint density at radius 1 is 0.919 bits per heavy atom. The fourth-order valence-corrected chi connectivity index (χ4v) is 3.94. The molecule has 0 aromatic heterocycles. The van der Waals surface area contributed by atoms with Crippen molar-refractivity contribution in [3.8, 4) is 0 Å². The molecule has 3 aromatic rings. The van der Waals surface area contributed by atoms with E-state index in [2.05, 4.69) is 43.0 Å². The quantitative estimate of drug-likeness (QED) is 0.344. The molecule has 37 heavy (non-hydrogen) atoms. The Bertz CT molecular complexity index is 1260. The molecule has 6 nitrogen and oxygen atoms in total. The third kappa shape index (κ3) is 7.26. The summed E-state index contributed by atoms with van der Waals surface area (Å²) in [5.74, 6) is -2.62. The van der Waals surface area contributed by atoms with Gasteiger partial charge in [0.1, 0.15) is 5.82 Å². The van der Waals surface area contributed by atoms with Crippen LogP contribution in [0.3, 0.4) is 0 Å². The van der Waals surface area contributed by atoms with Gasteiger partial charge in [-0.05, 0) is 59.2 Å². The molecular weight excluding hydrogens is 471 g/mol. The number of hydrogen-bond acceptors (Lipinski definition) is 4. The van der Waals surface area contributed by atoms with E-state index >= 15 is 0 Å². The van der Waals surface area contributed by atoms with Gasteiger partial charge >= 0.3 is 11.9 Å². The van der Waals surface area contributed by atoms with Crippen molar-refractivity contribution in [2.75, 3.05) is 19.0 Å². The number of carbonyl (C=O) groups excluding carboxylic acids is 3. The van der Waals surface area contributed by atoms with Crippen molar-refractivity contribution >= 4 is 23.5 Å². The maximum absolute atomic E-state index is 13.8. The Labute approximate surface area is 217 Å². The van der Waals surface area contributed by atoms with Crippen molar-refractivity contribution in [2.24, 2.45) is 0 Å². The fraction of sp³-hybridized carbons (Fsp3) is 0.300. The highest BCUT2D eigenvalue weighted by molar-refractivity contribution is 6.37. The van der Waals surface area contributed by atoms with Crippen LogP contribution in [0.25, 0.3) is 0 Å². The van der Waals surface area contributed by atoms with Crippen molar-refractivity contribution < 1.29 is 23.5 Å². The van der Waals surface area contributed by atoms with Crippen LogP contribution < -0.4 is 5.32 Å². The van der Waals surface area contributed by atoms with Crippen LogP contribution >= 0.6 is 0 Å². The zero-order valence-electron chi connectivity index (χ0n) is 21.9. The van der Waals surface area contributed by atoms with Gasteiger partial charge in [-0.15, -0.1) is 0 Å². The molecule has 0 unspecified atom stereocenters. The number of benzene rings is 3. The molecule has 2 amide bonds. The third-order valence-corrected chi connectivity index (χ3v) is 6.18. The van der Waals surface area contributed by atoms with Crippen LogP contribution in [0.4, 0.5) is 10.1 Å². The standard InChI is InChI=1S/C30H33FN2O4/c1-20-7-6-8-25(26(20)32-27(34)29(36)37-5)28(35)33(18-17-21-11-15-24(31)16-12-21)19-22-9-13-23(14-10-22)30(2,3)4/h6-16H,17-19H2,1-5H3,(H,32,34). The molecule has 0 aliphatic carbocycles. The summed E-state index contributed by atoms with van der Waals surface area (Å²) in [7, 11) is 1.12. The largest absolute Gasteiger partial charge is 0.462 e.